The fourth-order valence-electron chi connectivity index (χ4n) is 6.83. The lowest BCUT2D eigenvalue weighted by Crippen LogP contribution is -2.37. The van der Waals surface area contributed by atoms with Crippen LogP contribution in [0.15, 0.2) is 59.5 Å². The van der Waals surface area contributed by atoms with Crippen LogP contribution in [0.5, 0.6) is 0 Å². The van der Waals surface area contributed by atoms with Crippen molar-refractivity contribution >= 4 is 62.6 Å². The van der Waals surface area contributed by atoms with Crippen LogP contribution in [0, 0.1) is 40.1 Å². The van der Waals surface area contributed by atoms with Gasteiger partial charge in [-0.1, -0.05) is 47.5 Å². The lowest BCUT2D eigenvalue weighted by Gasteiger charge is -2.30. The molecular formula is C33H27Cl2FN6O2S. The van der Waals surface area contributed by atoms with E-state index < -0.39 is 5.82 Å². The number of aromatic amines is 1. The third-order valence-corrected chi connectivity index (χ3v) is 10.7. The average Bonchev–Trinajstić information content (AvgIpc) is 3.60. The minimum absolute atomic E-state index is 0.0284. The molecule has 2 aliphatic heterocycles. The highest BCUT2D eigenvalue weighted by Crippen LogP contribution is 2.44. The standard InChI is InChI=1S/C33H27Cl2FN6O2S/c1-17-22-14-25(31-19-12-20(39-31)16-41(15-19)45-27-10-3-2-9-26(27)42(43)44)40-32(22)23-13-18(6-5-11-37)28(30(36)33(23)38-17)21-7-4-8-24(34)29(21)35/h2-4,7-10,13-14,19-20,31,39-40H,5-6,12,15-16H2,1H3. The predicted molar refractivity (Wildman–Crippen MR) is 176 cm³/mol. The van der Waals surface area contributed by atoms with Crippen LogP contribution in [-0.2, 0) is 6.42 Å². The molecule has 7 rings (SSSR count). The normalized spacial score (nSPS) is 19.8. The first kappa shape index (κ1) is 30.0. The van der Waals surface area contributed by atoms with E-state index in [1.807, 2.05) is 19.1 Å². The first-order valence-corrected chi connectivity index (χ1v) is 16.1. The van der Waals surface area contributed by atoms with Gasteiger partial charge in [-0.15, -0.1) is 0 Å². The summed E-state index contributed by atoms with van der Waals surface area (Å²) < 4.78 is 18.7. The number of pyridine rings is 1. The van der Waals surface area contributed by atoms with E-state index in [1.54, 1.807) is 30.3 Å². The number of aromatic nitrogens is 2. The molecule has 12 heteroatoms. The van der Waals surface area contributed by atoms with E-state index in [9.17, 15) is 15.4 Å². The maximum atomic E-state index is 16.5. The van der Waals surface area contributed by atoms with Gasteiger partial charge >= 0.3 is 0 Å². The molecule has 8 nitrogen and oxygen atoms in total. The number of rotatable bonds is 7. The first-order valence-electron chi connectivity index (χ1n) is 14.6. The van der Waals surface area contributed by atoms with Crippen LogP contribution < -0.4 is 5.32 Å². The number of H-pyrrole nitrogens is 1. The molecule has 0 amide bonds. The van der Waals surface area contributed by atoms with Gasteiger partial charge in [0.1, 0.15) is 10.4 Å². The van der Waals surface area contributed by atoms with Gasteiger partial charge in [-0.3, -0.25) is 10.1 Å². The Morgan fingerprint density at radius 2 is 2.00 bits per heavy atom. The molecule has 3 aromatic carbocycles. The summed E-state index contributed by atoms with van der Waals surface area (Å²) in [4.78, 5) is 20.2. The molecule has 4 heterocycles. The number of halogens is 3. The van der Waals surface area contributed by atoms with Crippen molar-refractivity contribution in [3.05, 3.63) is 97.5 Å². The Morgan fingerprint density at radius 3 is 2.80 bits per heavy atom. The monoisotopic (exact) mass is 660 g/mol. The van der Waals surface area contributed by atoms with E-state index in [0.717, 1.165) is 36.1 Å². The highest BCUT2D eigenvalue weighted by molar-refractivity contribution is 7.97. The first-order chi connectivity index (χ1) is 21.7. The number of aryl methyl sites for hydroxylation is 2. The molecule has 2 fully saturated rings. The number of nitro benzene ring substituents is 1. The number of benzene rings is 3. The Kier molecular flexibility index (Phi) is 7.92. The van der Waals surface area contributed by atoms with Crippen LogP contribution in [0.3, 0.4) is 0 Å². The molecule has 3 atom stereocenters. The van der Waals surface area contributed by atoms with E-state index in [4.69, 9.17) is 28.2 Å². The SMILES string of the molecule is Cc1nc2c(F)c(-c3cccc(Cl)c3Cl)c(CCC#N)cc2c2[nH]c(C3NC4CC3CN(Sc3ccccc3[N+](=O)[O-])C4)cc12. The number of hydrogen-bond acceptors (Lipinski definition) is 7. The predicted octanol–water partition coefficient (Wildman–Crippen LogP) is 8.54. The second kappa shape index (κ2) is 11.9. The topological polar surface area (TPSA) is 111 Å². The van der Waals surface area contributed by atoms with Crippen LogP contribution in [0.1, 0.15) is 35.8 Å². The average molecular weight is 662 g/mol. The van der Waals surface area contributed by atoms with Gasteiger partial charge in [0.05, 0.1) is 32.6 Å². The van der Waals surface area contributed by atoms with Crippen LogP contribution in [0.4, 0.5) is 10.1 Å². The Balaban J connectivity index is 1.27. The van der Waals surface area contributed by atoms with Crippen molar-refractivity contribution in [3.63, 3.8) is 0 Å². The summed E-state index contributed by atoms with van der Waals surface area (Å²) in [6, 6.07) is 18.4. The summed E-state index contributed by atoms with van der Waals surface area (Å²) in [5.74, 6) is -0.227. The third kappa shape index (κ3) is 5.33. The van der Waals surface area contributed by atoms with E-state index >= 15 is 4.39 Å². The van der Waals surface area contributed by atoms with E-state index in [-0.39, 0.29) is 45.6 Å². The molecule has 2 aromatic heterocycles. The van der Waals surface area contributed by atoms with Crippen molar-refractivity contribution in [3.8, 4) is 17.2 Å². The summed E-state index contributed by atoms with van der Waals surface area (Å²) in [5.41, 5.74) is 4.26. The number of nitrogens with one attached hydrogen (secondary N) is 2. The molecule has 3 unspecified atom stereocenters. The van der Waals surface area contributed by atoms with Crippen LogP contribution >= 0.6 is 35.1 Å². The third-order valence-electron chi connectivity index (χ3n) is 8.79. The Labute approximate surface area is 272 Å². The van der Waals surface area contributed by atoms with Crippen LogP contribution in [0.2, 0.25) is 10.0 Å². The van der Waals surface area contributed by atoms with Crippen molar-refractivity contribution in [2.75, 3.05) is 13.1 Å². The fourth-order valence-corrected chi connectivity index (χ4v) is 8.40. The molecule has 2 N–H and O–H groups in total. The molecule has 0 radical (unpaired) electrons. The van der Waals surface area contributed by atoms with Gasteiger partial charge in [0.2, 0.25) is 0 Å². The quantitative estimate of drug-likeness (QED) is 0.102. The van der Waals surface area contributed by atoms with Crippen molar-refractivity contribution in [2.24, 2.45) is 5.92 Å². The Bertz CT molecular complexity index is 2050. The van der Waals surface area contributed by atoms with Gasteiger partial charge < -0.3 is 10.3 Å². The van der Waals surface area contributed by atoms with Crippen molar-refractivity contribution in [1.29, 1.82) is 5.26 Å². The summed E-state index contributed by atoms with van der Waals surface area (Å²) in [6.07, 6.45) is 1.54. The molecule has 0 aliphatic carbocycles. The smallest absolute Gasteiger partial charge is 0.284 e. The number of nitrogens with zero attached hydrogens (tertiary/aromatic N) is 4. The zero-order valence-corrected chi connectivity index (χ0v) is 26.4. The van der Waals surface area contributed by atoms with E-state index in [1.165, 1.54) is 18.0 Å². The molecule has 0 spiro atoms. The highest BCUT2D eigenvalue weighted by atomic mass is 35.5. The Hall–Kier alpha value is -3.72. The number of hydrogen-bond donors (Lipinski definition) is 2. The van der Waals surface area contributed by atoms with Crippen LogP contribution in [0.25, 0.3) is 32.9 Å². The summed E-state index contributed by atoms with van der Waals surface area (Å²) in [6.45, 7) is 3.39. The van der Waals surface area contributed by atoms with Gasteiger partial charge in [0, 0.05) is 64.9 Å². The summed E-state index contributed by atoms with van der Waals surface area (Å²) >= 11 is 14.3. The lowest BCUT2D eigenvalue weighted by atomic mass is 9.93. The second-order valence-electron chi connectivity index (χ2n) is 11.6. The maximum absolute atomic E-state index is 16.5. The molecule has 2 aliphatic rings. The van der Waals surface area contributed by atoms with Crippen molar-refractivity contribution < 1.29 is 9.31 Å². The molecular weight excluding hydrogens is 634 g/mol. The zero-order valence-electron chi connectivity index (χ0n) is 24.1. The fraction of sp³-hybridized carbons (Fsp3) is 0.273. The minimum Gasteiger partial charge on any atom is -0.356 e. The number of piperidine rings is 1. The Morgan fingerprint density at radius 1 is 1.18 bits per heavy atom. The molecule has 2 saturated heterocycles. The molecule has 45 heavy (non-hydrogen) atoms. The number of nitriles is 1. The minimum atomic E-state index is -0.497. The van der Waals surface area contributed by atoms with Gasteiger partial charge in [0.25, 0.3) is 5.69 Å². The summed E-state index contributed by atoms with van der Waals surface area (Å²) in [7, 11) is 0. The number of fused-ring (bicyclic) bond motifs is 5. The molecule has 5 aromatic rings. The van der Waals surface area contributed by atoms with Gasteiger partial charge in [-0.25, -0.2) is 13.7 Å². The summed E-state index contributed by atoms with van der Waals surface area (Å²) in [5, 5.41) is 26.8. The van der Waals surface area contributed by atoms with Gasteiger partial charge in [-0.2, -0.15) is 5.26 Å². The number of nitro groups is 1. The number of para-hydroxylation sites is 1. The molecule has 2 bridgehead atoms. The second-order valence-corrected chi connectivity index (χ2v) is 13.5. The molecule has 228 valence electrons. The van der Waals surface area contributed by atoms with Gasteiger partial charge in [0.15, 0.2) is 5.82 Å². The maximum Gasteiger partial charge on any atom is 0.284 e. The van der Waals surface area contributed by atoms with Gasteiger partial charge in [-0.05, 0) is 67.5 Å². The van der Waals surface area contributed by atoms with E-state index in [2.05, 4.69) is 26.7 Å². The van der Waals surface area contributed by atoms with Crippen molar-refractivity contribution in [1.82, 2.24) is 19.6 Å². The lowest BCUT2D eigenvalue weighted by molar-refractivity contribution is -0.387. The van der Waals surface area contributed by atoms with E-state index in [0.29, 0.717) is 44.1 Å². The van der Waals surface area contributed by atoms with Crippen LogP contribution in [-0.4, -0.2) is 38.3 Å². The molecule has 0 saturated carbocycles. The van der Waals surface area contributed by atoms with Crippen molar-refractivity contribution in [2.45, 2.75) is 43.2 Å². The highest BCUT2D eigenvalue weighted by Gasteiger charge is 2.42. The largest absolute Gasteiger partial charge is 0.356 e. The zero-order chi connectivity index (χ0) is 31.4.